The number of rotatable bonds is 51. The first-order valence-corrected chi connectivity index (χ1v) is 32.2. The van der Waals surface area contributed by atoms with Crippen LogP contribution >= 0.6 is 0 Å². The van der Waals surface area contributed by atoms with Crippen molar-refractivity contribution in [3.05, 3.63) is 72.9 Å². The standard InChI is InChI=1S/C66H117NO13/c1-3-5-7-9-10-11-12-13-14-15-16-17-18-19-20-21-22-23-24-25-26-27-28-29-30-31-32-33-34-35-36-37-38-39-40-41-42-43-44-46-48-50-58(71)67-54(55(70)49-47-45-8-6-4-2)53-77-65-63(76)61(74)64(57(52-69)79-65)80-66-62(75)60(73)59(72)56(51-68)78-66/h5,7,10-11,13-14,16-17,19-20,47,49,54-57,59-66,68-70,72-76H,3-4,6,8-9,12,15,18,21-46,48,50-53H2,1-2H3,(H,67,71)/b7-5-,11-10-,14-13-,17-16-,20-19-,49-47+. The van der Waals surface area contributed by atoms with E-state index in [1.54, 1.807) is 6.08 Å². The first-order valence-electron chi connectivity index (χ1n) is 32.2. The minimum absolute atomic E-state index is 0.245. The molecule has 464 valence electrons. The first kappa shape index (κ1) is 73.5. The highest BCUT2D eigenvalue weighted by Crippen LogP contribution is 2.30. The molecule has 0 radical (unpaired) electrons. The molecule has 12 atom stereocenters. The van der Waals surface area contributed by atoms with E-state index in [1.807, 2.05) is 6.08 Å². The number of ether oxygens (including phenoxy) is 4. The van der Waals surface area contributed by atoms with Gasteiger partial charge < -0.3 is 65.1 Å². The predicted molar refractivity (Wildman–Crippen MR) is 323 cm³/mol. The molecule has 2 rings (SSSR count). The molecule has 0 aromatic heterocycles. The SMILES string of the molecule is CC/C=C\C/C=C\C/C=C\C/C=C\C/C=C\CCCCCCCCCCCCCCCCCCCCCCCCCCCC(=O)NC(COC1OC(CO)C(OC2OC(CO)C(O)C(O)C2O)C(O)C1O)C(O)/C=C/CCCCC. The van der Waals surface area contributed by atoms with E-state index in [0.717, 1.165) is 77.0 Å². The van der Waals surface area contributed by atoms with Crippen LogP contribution in [0.15, 0.2) is 72.9 Å². The zero-order valence-corrected chi connectivity index (χ0v) is 50.1. The van der Waals surface area contributed by atoms with Gasteiger partial charge in [-0.05, 0) is 64.2 Å². The number of nitrogens with one attached hydrogen (secondary N) is 1. The van der Waals surface area contributed by atoms with E-state index in [-0.39, 0.29) is 18.9 Å². The summed E-state index contributed by atoms with van der Waals surface area (Å²) in [5.41, 5.74) is 0. The van der Waals surface area contributed by atoms with Gasteiger partial charge in [-0.3, -0.25) is 4.79 Å². The maximum atomic E-state index is 13.1. The van der Waals surface area contributed by atoms with Crippen molar-refractivity contribution in [1.29, 1.82) is 0 Å². The minimum atomic E-state index is -1.79. The number of hydrogen-bond acceptors (Lipinski definition) is 13. The average molecular weight is 1130 g/mol. The molecule has 14 nitrogen and oxygen atoms in total. The van der Waals surface area contributed by atoms with Crippen LogP contribution in [0.25, 0.3) is 0 Å². The molecule has 2 aliphatic heterocycles. The smallest absolute Gasteiger partial charge is 0.220 e. The summed E-state index contributed by atoms with van der Waals surface area (Å²) in [5.74, 6) is -0.245. The van der Waals surface area contributed by atoms with Crippen molar-refractivity contribution in [3.8, 4) is 0 Å². The first-order chi connectivity index (χ1) is 39.1. The van der Waals surface area contributed by atoms with Gasteiger partial charge in [0.2, 0.25) is 5.91 Å². The number of aliphatic hydroxyl groups excluding tert-OH is 8. The third-order valence-corrected chi connectivity index (χ3v) is 15.4. The molecule has 9 N–H and O–H groups in total. The molecule has 0 spiro atoms. The van der Waals surface area contributed by atoms with Gasteiger partial charge in [-0.15, -0.1) is 0 Å². The van der Waals surface area contributed by atoms with Crippen LogP contribution in [0.1, 0.15) is 245 Å². The number of unbranched alkanes of at least 4 members (excludes halogenated alkanes) is 28. The number of aliphatic hydroxyl groups is 8. The third kappa shape index (κ3) is 35.5. The van der Waals surface area contributed by atoms with E-state index in [1.165, 1.54) is 141 Å². The van der Waals surface area contributed by atoms with Gasteiger partial charge in [-0.2, -0.15) is 0 Å². The molecule has 14 heteroatoms. The van der Waals surface area contributed by atoms with Crippen LogP contribution in [0.4, 0.5) is 0 Å². The summed E-state index contributed by atoms with van der Waals surface area (Å²) < 4.78 is 22.6. The topological polar surface area (TPSA) is 228 Å². The van der Waals surface area contributed by atoms with Crippen LogP contribution in [0, 0.1) is 0 Å². The normalized spacial score (nSPS) is 24.7. The van der Waals surface area contributed by atoms with Crippen LogP contribution in [0.5, 0.6) is 0 Å². The van der Waals surface area contributed by atoms with Crippen molar-refractivity contribution in [2.75, 3.05) is 19.8 Å². The molecule has 2 aliphatic rings. The molecule has 12 unspecified atom stereocenters. The van der Waals surface area contributed by atoms with Gasteiger partial charge in [0, 0.05) is 6.42 Å². The van der Waals surface area contributed by atoms with Crippen molar-refractivity contribution in [3.63, 3.8) is 0 Å². The number of carbonyl (C=O) groups is 1. The van der Waals surface area contributed by atoms with E-state index in [4.69, 9.17) is 18.9 Å². The number of hydrogen-bond donors (Lipinski definition) is 9. The maximum absolute atomic E-state index is 13.1. The maximum Gasteiger partial charge on any atom is 0.220 e. The van der Waals surface area contributed by atoms with Gasteiger partial charge in [0.1, 0.15) is 48.8 Å². The Labute approximate surface area is 485 Å². The van der Waals surface area contributed by atoms with Gasteiger partial charge in [-0.25, -0.2) is 0 Å². The Morgan fingerprint density at radius 2 is 0.863 bits per heavy atom. The van der Waals surface area contributed by atoms with Gasteiger partial charge in [-0.1, -0.05) is 247 Å². The summed E-state index contributed by atoms with van der Waals surface area (Å²) in [6.45, 7) is 2.56. The Morgan fingerprint density at radius 1 is 0.463 bits per heavy atom. The number of amides is 1. The molecule has 2 saturated heterocycles. The summed E-state index contributed by atoms with van der Waals surface area (Å²) in [6, 6.07) is -0.910. The molecule has 1 amide bonds. The molecule has 0 saturated carbocycles. The predicted octanol–water partition coefficient (Wildman–Crippen LogP) is 11.9. The molecule has 0 aliphatic carbocycles. The number of allylic oxidation sites excluding steroid dienone is 11. The molecular formula is C66H117NO13. The van der Waals surface area contributed by atoms with Crippen molar-refractivity contribution < 1.29 is 64.6 Å². The fourth-order valence-corrected chi connectivity index (χ4v) is 10.3. The molecule has 0 aromatic carbocycles. The van der Waals surface area contributed by atoms with E-state index in [0.29, 0.717) is 6.42 Å². The van der Waals surface area contributed by atoms with Crippen LogP contribution in [-0.2, 0) is 23.7 Å². The average Bonchev–Trinajstić information content (AvgIpc) is 3.49. The van der Waals surface area contributed by atoms with Gasteiger partial charge in [0.25, 0.3) is 0 Å². The molecule has 2 fully saturated rings. The lowest BCUT2D eigenvalue weighted by Crippen LogP contribution is -2.65. The molecule has 80 heavy (non-hydrogen) atoms. The molecule has 0 aromatic rings. The molecule has 0 bridgehead atoms. The van der Waals surface area contributed by atoms with Crippen LogP contribution in [-0.4, -0.2) is 140 Å². The largest absolute Gasteiger partial charge is 0.394 e. The van der Waals surface area contributed by atoms with Gasteiger partial charge >= 0.3 is 0 Å². The Kier molecular flexibility index (Phi) is 46.8. The Morgan fingerprint density at radius 3 is 1.32 bits per heavy atom. The fraction of sp³-hybridized carbons (Fsp3) is 0.803. The highest BCUT2D eigenvalue weighted by molar-refractivity contribution is 5.76. The van der Waals surface area contributed by atoms with E-state index < -0.39 is 86.8 Å². The van der Waals surface area contributed by atoms with Crippen LogP contribution in [0.2, 0.25) is 0 Å². The number of carbonyl (C=O) groups excluding carboxylic acids is 1. The second-order valence-electron chi connectivity index (χ2n) is 22.5. The third-order valence-electron chi connectivity index (χ3n) is 15.4. The molecular weight excluding hydrogens is 1010 g/mol. The highest BCUT2D eigenvalue weighted by atomic mass is 16.7. The summed E-state index contributed by atoms with van der Waals surface area (Å²) in [7, 11) is 0. The Hall–Kier alpha value is -2.57. The lowest BCUT2D eigenvalue weighted by atomic mass is 9.97. The molecule has 2 heterocycles. The van der Waals surface area contributed by atoms with E-state index in [9.17, 15) is 45.6 Å². The highest BCUT2D eigenvalue weighted by Gasteiger charge is 2.51. The minimum Gasteiger partial charge on any atom is -0.394 e. The van der Waals surface area contributed by atoms with Crippen LogP contribution in [0.3, 0.4) is 0 Å². The Balaban J connectivity index is 1.45. The Bertz CT molecular complexity index is 1620. The monoisotopic (exact) mass is 1130 g/mol. The fourth-order valence-electron chi connectivity index (χ4n) is 10.3. The lowest BCUT2D eigenvalue weighted by molar-refractivity contribution is -0.359. The second-order valence-corrected chi connectivity index (χ2v) is 22.5. The van der Waals surface area contributed by atoms with Crippen molar-refractivity contribution in [2.45, 2.75) is 319 Å². The summed E-state index contributed by atoms with van der Waals surface area (Å²) >= 11 is 0. The van der Waals surface area contributed by atoms with E-state index in [2.05, 4.69) is 79.9 Å². The van der Waals surface area contributed by atoms with Crippen molar-refractivity contribution in [1.82, 2.24) is 5.32 Å². The summed E-state index contributed by atoms with van der Waals surface area (Å²) in [4.78, 5) is 13.1. The van der Waals surface area contributed by atoms with Crippen molar-refractivity contribution >= 4 is 5.91 Å². The quantitative estimate of drug-likeness (QED) is 0.0204. The summed E-state index contributed by atoms with van der Waals surface area (Å²) in [5, 5.41) is 86.4. The zero-order chi connectivity index (χ0) is 58.1. The lowest BCUT2D eigenvalue weighted by Gasteiger charge is -2.46. The van der Waals surface area contributed by atoms with Gasteiger partial charge in [0.15, 0.2) is 12.6 Å². The van der Waals surface area contributed by atoms with Gasteiger partial charge in [0.05, 0.1) is 32.0 Å². The summed E-state index contributed by atoms with van der Waals surface area (Å²) in [6.07, 6.45) is 52.1. The second kappa shape index (κ2) is 50.9. The van der Waals surface area contributed by atoms with Crippen LogP contribution < -0.4 is 5.32 Å². The zero-order valence-electron chi connectivity index (χ0n) is 50.1. The van der Waals surface area contributed by atoms with E-state index >= 15 is 0 Å². The van der Waals surface area contributed by atoms with Crippen molar-refractivity contribution in [2.24, 2.45) is 0 Å².